The van der Waals surface area contributed by atoms with Gasteiger partial charge in [0.15, 0.2) is 0 Å². The smallest absolute Gasteiger partial charge is 0.338 e. The van der Waals surface area contributed by atoms with Gasteiger partial charge >= 0.3 is 5.97 Å². The van der Waals surface area contributed by atoms with Crippen molar-refractivity contribution in [3.8, 4) is 0 Å². The average Bonchev–Trinajstić information content (AvgIpc) is 2.36. The van der Waals surface area contributed by atoms with Crippen molar-refractivity contribution >= 4 is 22.6 Å². The van der Waals surface area contributed by atoms with E-state index < -0.39 is 11.9 Å². The van der Waals surface area contributed by atoms with E-state index in [1.807, 2.05) is 6.07 Å². The van der Waals surface area contributed by atoms with Crippen molar-refractivity contribution in [1.82, 2.24) is 0 Å². The van der Waals surface area contributed by atoms with E-state index in [2.05, 4.69) is 4.74 Å². The van der Waals surface area contributed by atoms with Crippen LogP contribution >= 0.6 is 0 Å². The molecule has 2 aromatic rings. The summed E-state index contributed by atoms with van der Waals surface area (Å²) in [5, 5.41) is 1.52. The van der Waals surface area contributed by atoms with Crippen molar-refractivity contribution in [1.29, 1.82) is 0 Å². The predicted molar refractivity (Wildman–Crippen MR) is 63.8 cm³/mol. The van der Waals surface area contributed by atoms with Gasteiger partial charge in [0.25, 0.3) is 0 Å². The van der Waals surface area contributed by atoms with Crippen LogP contribution in [-0.4, -0.2) is 19.0 Å². The lowest BCUT2D eigenvalue weighted by Crippen LogP contribution is -2.11. The molecule has 4 nitrogen and oxygen atoms in total. The highest BCUT2D eigenvalue weighted by atomic mass is 16.5. The van der Waals surface area contributed by atoms with Crippen LogP contribution in [0.3, 0.4) is 0 Å². The number of rotatable bonds is 2. The van der Waals surface area contributed by atoms with Gasteiger partial charge in [-0.25, -0.2) is 4.79 Å². The second-order valence-corrected chi connectivity index (χ2v) is 3.60. The van der Waals surface area contributed by atoms with Gasteiger partial charge in [-0.2, -0.15) is 0 Å². The molecule has 0 fully saturated rings. The van der Waals surface area contributed by atoms with Gasteiger partial charge < -0.3 is 10.5 Å². The molecule has 0 saturated heterocycles. The number of methoxy groups -OCH3 is 1. The first-order valence-corrected chi connectivity index (χ1v) is 5.04. The third kappa shape index (κ3) is 1.97. The summed E-state index contributed by atoms with van der Waals surface area (Å²) >= 11 is 0. The topological polar surface area (TPSA) is 69.4 Å². The molecule has 2 N–H and O–H groups in total. The lowest BCUT2D eigenvalue weighted by Gasteiger charge is -2.05. The van der Waals surface area contributed by atoms with Crippen LogP contribution in [0.5, 0.6) is 0 Å². The van der Waals surface area contributed by atoms with E-state index in [0.717, 1.165) is 5.39 Å². The summed E-state index contributed by atoms with van der Waals surface area (Å²) in [5.74, 6) is -0.955. The number of carbonyl (C=O) groups is 2. The maximum Gasteiger partial charge on any atom is 0.338 e. The van der Waals surface area contributed by atoms with Crippen LogP contribution in [0.25, 0.3) is 10.8 Å². The van der Waals surface area contributed by atoms with Crippen LogP contribution in [-0.2, 0) is 4.74 Å². The fourth-order valence-electron chi connectivity index (χ4n) is 1.71. The number of esters is 1. The van der Waals surface area contributed by atoms with E-state index in [1.54, 1.807) is 30.3 Å². The van der Waals surface area contributed by atoms with Crippen LogP contribution in [0.1, 0.15) is 20.7 Å². The molecule has 0 heterocycles. The molecule has 0 unspecified atom stereocenters. The molecule has 0 bridgehead atoms. The molecule has 0 aliphatic carbocycles. The first-order valence-electron chi connectivity index (χ1n) is 5.04. The van der Waals surface area contributed by atoms with E-state index in [-0.39, 0.29) is 0 Å². The molecule has 0 saturated carbocycles. The molecule has 0 atom stereocenters. The number of primary amides is 1. The van der Waals surface area contributed by atoms with Crippen LogP contribution < -0.4 is 5.73 Å². The number of carbonyl (C=O) groups excluding carboxylic acids is 2. The van der Waals surface area contributed by atoms with Crippen molar-refractivity contribution in [3.63, 3.8) is 0 Å². The lowest BCUT2D eigenvalue weighted by atomic mass is 10.0. The van der Waals surface area contributed by atoms with Crippen molar-refractivity contribution in [3.05, 3.63) is 47.5 Å². The summed E-state index contributed by atoms with van der Waals surface area (Å²) in [6, 6.07) is 10.3. The van der Waals surface area contributed by atoms with Gasteiger partial charge in [-0.15, -0.1) is 0 Å². The van der Waals surface area contributed by atoms with Crippen molar-refractivity contribution in [2.45, 2.75) is 0 Å². The minimum atomic E-state index is -0.522. The highest BCUT2D eigenvalue weighted by Gasteiger charge is 2.11. The number of amides is 1. The Kier molecular flexibility index (Phi) is 2.78. The Bertz CT molecular complexity index is 605. The SMILES string of the molecule is COC(=O)c1cccc2ccc(C(N)=O)cc12. The summed E-state index contributed by atoms with van der Waals surface area (Å²) < 4.78 is 4.69. The third-order valence-electron chi connectivity index (χ3n) is 2.57. The number of benzene rings is 2. The maximum atomic E-state index is 11.6. The number of ether oxygens (including phenoxy) is 1. The van der Waals surface area contributed by atoms with E-state index in [1.165, 1.54) is 7.11 Å². The standard InChI is InChI=1S/C13H11NO3/c1-17-13(16)10-4-2-3-8-5-6-9(12(14)15)7-11(8)10/h2-7H,1H3,(H2,14,15). The Balaban J connectivity index is 2.72. The Morgan fingerprint density at radius 2 is 1.94 bits per heavy atom. The molecule has 0 spiro atoms. The molecule has 0 aliphatic heterocycles. The van der Waals surface area contributed by atoms with E-state index >= 15 is 0 Å². The van der Waals surface area contributed by atoms with E-state index in [4.69, 9.17) is 5.73 Å². The number of fused-ring (bicyclic) bond motifs is 1. The summed E-state index contributed by atoms with van der Waals surface area (Å²) in [7, 11) is 1.32. The zero-order valence-electron chi connectivity index (χ0n) is 9.27. The highest BCUT2D eigenvalue weighted by Crippen LogP contribution is 2.21. The molecular formula is C13H11NO3. The van der Waals surface area contributed by atoms with Gasteiger partial charge in [0.05, 0.1) is 12.7 Å². The quantitative estimate of drug-likeness (QED) is 0.797. The Hall–Kier alpha value is -2.36. The summed E-state index contributed by atoms with van der Waals surface area (Å²) in [5.41, 5.74) is 6.00. The Labute approximate surface area is 98.0 Å². The molecular weight excluding hydrogens is 218 g/mol. The van der Waals surface area contributed by atoms with Crippen LogP contribution in [0.4, 0.5) is 0 Å². The normalized spacial score (nSPS) is 10.2. The van der Waals surface area contributed by atoms with Crippen LogP contribution in [0.2, 0.25) is 0 Å². The Morgan fingerprint density at radius 3 is 2.59 bits per heavy atom. The van der Waals surface area contributed by atoms with Gasteiger partial charge in [-0.05, 0) is 29.0 Å². The summed E-state index contributed by atoms with van der Waals surface area (Å²) in [4.78, 5) is 22.7. The van der Waals surface area contributed by atoms with Gasteiger partial charge in [-0.3, -0.25) is 4.79 Å². The second-order valence-electron chi connectivity index (χ2n) is 3.60. The Morgan fingerprint density at radius 1 is 1.18 bits per heavy atom. The molecule has 0 radical (unpaired) electrons. The minimum Gasteiger partial charge on any atom is -0.465 e. The fourth-order valence-corrected chi connectivity index (χ4v) is 1.71. The van der Waals surface area contributed by atoms with Crippen LogP contribution in [0.15, 0.2) is 36.4 Å². The zero-order chi connectivity index (χ0) is 12.4. The maximum absolute atomic E-state index is 11.6. The molecule has 86 valence electrons. The third-order valence-corrected chi connectivity index (χ3v) is 2.57. The van der Waals surface area contributed by atoms with Gasteiger partial charge in [0.2, 0.25) is 5.91 Å². The van der Waals surface area contributed by atoms with Gasteiger partial charge in [-0.1, -0.05) is 18.2 Å². The first-order chi connectivity index (χ1) is 8.13. The lowest BCUT2D eigenvalue weighted by molar-refractivity contribution is 0.0603. The number of hydrogen-bond donors (Lipinski definition) is 1. The number of nitrogens with two attached hydrogens (primary N) is 1. The first kappa shape index (κ1) is 11.1. The molecule has 2 rings (SSSR count). The van der Waals surface area contributed by atoms with Gasteiger partial charge in [0, 0.05) is 5.56 Å². The van der Waals surface area contributed by atoms with E-state index in [0.29, 0.717) is 16.5 Å². The van der Waals surface area contributed by atoms with Crippen LogP contribution in [0, 0.1) is 0 Å². The summed E-state index contributed by atoms with van der Waals surface area (Å²) in [6.45, 7) is 0. The van der Waals surface area contributed by atoms with Crippen molar-refractivity contribution in [2.24, 2.45) is 5.73 Å². The average molecular weight is 229 g/mol. The molecule has 4 heteroatoms. The minimum absolute atomic E-state index is 0.369. The van der Waals surface area contributed by atoms with Crippen molar-refractivity contribution in [2.75, 3.05) is 7.11 Å². The zero-order valence-corrected chi connectivity index (χ0v) is 9.27. The largest absolute Gasteiger partial charge is 0.465 e. The fraction of sp³-hybridized carbons (Fsp3) is 0.0769. The predicted octanol–water partition coefficient (Wildman–Crippen LogP) is 1.73. The molecule has 2 aromatic carbocycles. The van der Waals surface area contributed by atoms with Crippen molar-refractivity contribution < 1.29 is 14.3 Å². The highest BCUT2D eigenvalue weighted by molar-refractivity contribution is 6.07. The van der Waals surface area contributed by atoms with E-state index in [9.17, 15) is 9.59 Å². The molecule has 17 heavy (non-hydrogen) atoms. The second kappa shape index (κ2) is 4.25. The number of hydrogen-bond acceptors (Lipinski definition) is 3. The summed E-state index contributed by atoms with van der Waals surface area (Å²) in [6.07, 6.45) is 0. The molecule has 0 aromatic heterocycles. The monoisotopic (exact) mass is 229 g/mol. The van der Waals surface area contributed by atoms with Gasteiger partial charge in [0.1, 0.15) is 0 Å². The molecule has 1 amide bonds. The molecule has 0 aliphatic rings.